The van der Waals surface area contributed by atoms with Crippen LogP contribution in [0.3, 0.4) is 0 Å². The number of anilines is 1. The van der Waals surface area contributed by atoms with Gasteiger partial charge in [-0.2, -0.15) is 5.10 Å². The largest absolute Gasteiger partial charge is 0.508 e. The fourth-order valence-corrected chi connectivity index (χ4v) is 1.81. The molecule has 94 valence electrons. The zero-order chi connectivity index (χ0) is 13.0. The summed E-state index contributed by atoms with van der Waals surface area (Å²) in [6.07, 6.45) is 3.80. The van der Waals surface area contributed by atoms with Crippen molar-refractivity contribution in [2.75, 3.05) is 5.32 Å². The molecule has 0 radical (unpaired) electrons. The van der Waals surface area contributed by atoms with Crippen LogP contribution in [0.15, 0.2) is 41.1 Å². The molecule has 1 heterocycles. The number of aromatic nitrogens is 2. The van der Waals surface area contributed by atoms with E-state index in [1.54, 1.807) is 29.1 Å². The third-order valence-corrected chi connectivity index (χ3v) is 2.71. The molecule has 0 fully saturated rings. The van der Waals surface area contributed by atoms with Crippen molar-refractivity contribution in [2.45, 2.75) is 13.0 Å². The number of hydrogen-bond donors (Lipinski definition) is 2. The van der Waals surface area contributed by atoms with Crippen molar-refractivity contribution in [3.63, 3.8) is 0 Å². The third kappa shape index (κ3) is 3.59. The van der Waals surface area contributed by atoms with Gasteiger partial charge in [0.05, 0.1) is 10.7 Å². The number of hydrogen-bond acceptors (Lipinski definition) is 3. The summed E-state index contributed by atoms with van der Waals surface area (Å²) < 4.78 is 2.57. The van der Waals surface area contributed by atoms with Crippen molar-refractivity contribution >= 4 is 27.5 Å². The first-order valence-electron chi connectivity index (χ1n) is 5.40. The summed E-state index contributed by atoms with van der Waals surface area (Å²) in [5, 5.41) is 16.0. The standard InChI is InChI=1S/C12H12BrN3O2/c13-9-7-14-16(8-9)5-4-12(18)15-10-2-1-3-11(17)6-10/h1-3,6-8,17H,4-5H2,(H,15,18). The van der Waals surface area contributed by atoms with Gasteiger partial charge in [0.2, 0.25) is 5.91 Å². The van der Waals surface area contributed by atoms with Crippen molar-refractivity contribution in [1.82, 2.24) is 9.78 Å². The fourth-order valence-electron chi connectivity index (χ4n) is 1.48. The number of halogens is 1. The molecular weight excluding hydrogens is 298 g/mol. The average molecular weight is 310 g/mol. The summed E-state index contributed by atoms with van der Waals surface area (Å²) in [7, 11) is 0. The predicted octanol–water partition coefficient (Wildman–Crippen LogP) is 2.38. The monoisotopic (exact) mass is 309 g/mol. The van der Waals surface area contributed by atoms with Gasteiger partial charge in [0, 0.05) is 30.9 Å². The third-order valence-electron chi connectivity index (χ3n) is 2.30. The molecule has 2 N–H and O–H groups in total. The molecule has 0 saturated heterocycles. The predicted molar refractivity (Wildman–Crippen MR) is 71.3 cm³/mol. The van der Waals surface area contributed by atoms with Gasteiger partial charge >= 0.3 is 0 Å². The van der Waals surface area contributed by atoms with Gasteiger partial charge < -0.3 is 10.4 Å². The number of carbonyl (C=O) groups excluding carboxylic acids is 1. The minimum absolute atomic E-state index is 0.118. The van der Waals surface area contributed by atoms with Crippen LogP contribution in [0.4, 0.5) is 5.69 Å². The Morgan fingerprint density at radius 1 is 1.50 bits per heavy atom. The normalized spacial score (nSPS) is 10.3. The number of amides is 1. The van der Waals surface area contributed by atoms with Gasteiger partial charge in [-0.3, -0.25) is 9.48 Å². The molecule has 0 unspecified atom stereocenters. The van der Waals surface area contributed by atoms with Crippen LogP contribution in [-0.4, -0.2) is 20.8 Å². The molecule has 0 aliphatic heterocycles. The SMILES string of the molecule is O=C(CCn1cc(Br)cn1)Nc1cccc(O)c1. The minimum Gasteiger partial charge on any atom is -0.508 e. The molecule has 0 saturated carbocycles. The molecule has 5 nitrogen and oxygen atoms in total. The number of carbonyl (C=O) groups is 1. The number of phenols is 1. The first kappa shape index (κ1) is 12.6. The molecule has 0 atom stereocenters. The maximum atomic E-state index is 11.7. The molecule has 0 bridgehead atoms. The van der Waals surface area contributed by atoms with E-state index in [0.29, 0.717) is 18.7 Å². The van der Waals surface area contributed by atoms with Crippen LogP contribution in [0.25, 0.3) is 0 Å². The second-order valence-corrected chi connectivity index (χ2v) is 4.69. The molecule has 0 aliphatic carbocycles. The summed E-state index contributed by atoms with van der Waals surface area (Å²) in [5.41, 5.74) is 0.585. The van der Waals surface area contributed by atoms with Crippen LogP contribution in [0, 0.1) is 0 Å². The number of aryl methyl sites for hydroxylation is 1. The van der Waals surface area contributed by atoms with E-state index in [0.717, 1.165) is 4.47 Å². The first-order chi connectivity index (χ1) is 8.63. The van der Waals surface area contributed by atoms with E-state index in [9.17, 15) is 9.90 Å². The Balaban J connectivity index is 1.85. The van der Waals surface area contributed by atoms with E-state index in [2.05, 4.69) is 26.3 Å². The van der Waals surface area contributed by atoms with Crippen LogP contribution in [-0.2, 0) is 11.3 Å². The number of aromatic hydroxyl groups is 1. The summed E-state index contributed by atoms with van der Waals surface area (Å²) in [6, 6.07) is 6.46. The molecule has 6 heteroatoms. The summed E-state index contributed by atoms with van der Waals surface area (Å²) in [6.45, 7) is 0.510. The minimum atomic E-state index is -0.118. The van der Waals surface area contributed by atoms with Gasteiger partial charge in [0.15, 0.2) is 0 Å². The van der Waals surface area contributed by atoms with Crippen LogP contribution >= 0.6 is 15.9 Å². The molecule has 18 heavy (non-hydrogen) atoms. The van der Waals surface area contributed by atoms with Gasteiger partial charge in [0.1, 0.15) is 5.75 Å². The number of nitrogens with zero attached hydrogens (tertiary/aromatic N) is 2. The van der Waals surface area contributed by atoms with Crippen molar-refractivity contribution < 1.29 is 9.90 Å². The van der Waals surface area contributed by atoms with E-state index in [1.165, 1.54) is 6.07 Å². The summed E-state index contributed by atoms with van der Waals surface area (Å²) in [4.78, 5) is 11.7. The summed E-state index contributed by atoms with van der Waals surface area (Å²) >= 11 is 3.29. The van der Waals surface area contributed by atoms with Crippen molar-refractivity contribution in [3.8, 4) is 5.75 Å². The molecule has 2 aromatic rings. The highest BCUT2D eigenvalue weighted by Crippen LogP contribution is 2.15. The van der Waals surface area contributed by atoms with Gasteiger partial charge in [-0.15, -0.1) is 0 Å². The van der Waals surface area contributed by atoms with Crippen LogP contribution in [0.2, 0.25) is 0 Å². The topological polar surface area (TPSA) is 67.2 Å². The maximum Gasteiger partial charge on any atom is 0.226 e. The molecule has 0 spiro atoms. The number of nitrogens with one attached hydrogen (secondary N) is 1. The van der Waals surface area contributed by atoms with E-state index in [-0.39, 0.29) is 11.7 Å². The van der Waals surface area contributed by atoms with Crippen molar-refractivity contribution in [3.05, 3.63) is 41.1 Å². The van der Waals surface area contributed by atoms with E-state index < -0.39 is 0 Å². The van der Waals surface area contributed by atoms with Gasteiger partial charge in [-0.05, 0) is 28.1 Å². The Kier molecular flexibility index (Phi) is 3.99. The van der Waals surface area contributed by atoms with Gasteiger partial charge in [0.25, 0.3) is 0 Å². The quantitative estimate of drug-likeness (QED) is 0.911. The lowest BCUT2D eigenvalue weighted by Crippen LogP contribution is -2.14. The number of phenolic OH excluding ortho intramolecular Hbond substituents is 1. The molecule has 2 rings (SSSR count). The van der Waals surface area contributed by atoms with E-state index in [4.69, 9.17) is 0 Å². The lowest BCUT2D eigenvalue weighted by Gasteiger charge is -2.05. The second-order valence-electron chi connectivity index (χ2n) is 3.77. The Morgan fingerprint density at radius 3 is 3.00 bits per heavy atom. The highest BCUT2D eigenvalue weighted by Gasteiger charge is 2.04. The van der Waals surface area contributed by atoms with Crippen LogP contribution in [0.5, 0.6) is 5.75 Å². The first-order valence-corrected chi connectivity index (χ1v) is 6.19. The second kappa shape index (κ2) is 5.68. The Hall–Kier alpha value is -1.82. The lowest BCUT2D eigenvalue weighted by atomic mass is 10.3. The maximum absolute atomic E-state index is 11.7. The lowest BCUT2D eigenvalue weighted by molar-refractivity contribution is -0.116. The van der Waals surface area contributed by atoms with Crippen molar-refractivity contribution in [2.24, 2.45) is 0 Å². The fraction of sp³-hybridized carbons (Fsp3) is 0.167. The summed E-state index contributed by atoms with van der Waals surface area (Å²) in [5.74, 6) is 0.0102. The number of rotatable bonds is 4. The van der Waals surface area contributed by atoms with E-state index in [1.807, 2.05) is 6.20 Å². The van der Waals surface area contributed by atoms with Crippen LogP contribution in [0.1, 0.15) is 6.42 Å². The Labute approximate surface area is 113 Å². The molecule has 1 aromatic carbocycles. The molecule has 1 amide bonds. The highest BCUT2D eigenvalue weighted by atomic mass is 79.9. The highest BCUT2D eigenvalue weighted by molar-refractivity contribution is 9.10. The molecule has 1 aromatic heterocycles. The zero-order valence-corrected chi connectivity index (χ0v) is 11.1. The average Bonchev–Trinajstić information content (AvgIpc) is 2.73. The smallest absolute Gasteiger partial charge is 0.226 e. The Bertz CT molecular complexity index is 554. The van der Waals surface area contributed by atoms with Crippen LogP contribution < -0.4 is 5.32 Å². The molecule has 0 aliphatic rings. The van der Waals surface area contributed by atoms with E-state index >= 15 is 0 Å². The van der Waals surface area contributed by atoms with Crippen molar-refractivity contribution in [1.29, 1.82) is 0 Å². The Morgan fingerprint density at radius 2 is 2.33 bits per heavy atom. The van der Waals surface area contributed by atoms with Gasteiger partial charge in [-0.1, -0.05) is 6.07 Å². The van der Waals surface area contributed by atoms with Gasteiger partial charge in [-0.25, -0.2) is 0 Å². The molecular formula is C12H12BrN3O2. The number of benzene rings is 1. The zero-order valence-electron chi connectivity index (χ0n) is 9.51.